The number of nitrogens with one attached hydrogen (secondary N) is 1. The number of piperidine rings is 2. The summed E-state index contributed by atoms with van der Waals surface area (Å²) in [6.07, 6.45) is 4.65. The normalized spacial score (nSPS) is 23.5. The fraction of sp³-hybridized carbons (Fsp3) is 0.667. The molecule has 1 aromatic carbocycles. The number of carbonyl (C=O) groups excluding carboxylic acids is 1. The lowest BCUT2D eigenvalue weighted by Gasteiger charge is -2.46. The first kappa shape index (κ1) is 21.2. The molecule has 1 amide bonds. The summed E-state index contributed by atoms with van der Waals surface area (Å²) < 4.78 is 17.3. The minimum Gasteiger partial charge on any atom is -0.493 e. The Hall–Kier alpha value is -1.50. The second kappa shape index (κ2) is 8.89. The number of rotatable bonds is 3. The van der Waals surface area contributed by atoms with E-state index in [0.29, 0.717) is 12.5 Å². The van der Waals surface area contributed by atoms with Gasteiger partial charge >= 0.3 is 0 Å². The summed E-state index contributed by atoms with van der Waals surface area (Å²) in [7, 11) is 3.34. The van der Waals surface area contributed by atoms with Crippen molar-refractivity contribution in [2.24, 2.45) is 5.92 Å². The predicted octanol–water partition coefficient (Wildman–Crippen LogP) is 2.52. The number of nitrogens with zero attached hydrogens (tertiary/aromatic N) is 1. The van der Waals surface area contributed by atoms with E-state index in [1.165, 1.54) is 11.1 Å². The molecule has 28 heavy (non-hydrogen) atoms. The third-order valence-corrected chi connectivity index (χ3v) is 6.38. The molecule has 2 fully saturated rings. The molecule has 2 saturated heterocycles. The van der Waals surface area contributed by atoms with E-state index in [-0.39, 0.29) is 23.9 Å². The lowest BCUT2D eigenvalue weighted by molar-refractivity contribution is -0.145. The molecule has 0 unspecified atom stereocenters. The van der Waals surface area contributed by atoms with Crippen molar-refractivity contribution in [3.05, 3.63) is 23.3 Å². The highest BCUT2D eigenvalue weighted by Gasteiger charge is 2.43. The zero-order valence-electron chi connectivity index (χ0n) is 16.8. The standard InChI is InChI=1S/C21H30N2O4.ClH/c1-25-18-12-15-5-11-27-21(17(15)13-19(18)26-2)6-9-23(10-7-21)20(24)16-4-3-8-22-14-16;/h12-13,16,22H,3-11,14H2,1-2H3;1H/t16-;/m0./s1. The van der Waals surface area contributed by atoms with E-state index in [0.717, 1.165) is 69.8 Å². The lowest BCUT2D eigenvalue weighted by Crippen LogP contribution is -2.51. The Balaban J connectivity index is 0.00000225. The van der Waals surface area contributed by atoms with Crippen molar-refractivity contribution < 1.29 is 19.0 Å². The lowest BCUT2D eigenvalue weighted by atomic mass is 9.79. The zero-order chi connectivity index (χ0) is 18.9. The number of benzene rings is 1. The van der Waals surface area contributed by atoms with Gasteiger partial charge in [0.1, 0.15) is 0 Å². The van der Waals surface area contributed by atoms with E-state index in [1.807, 2.05) is 4.90 Å². The molecule has 3 aliphatic rings. The highest BCUT2D eigenvalue weighted by Crippen LogP contribution is 2.45. The average molecular weight is 411 g/mol. The van der Waals surface area contributed by atoms with Crippen LogP contribution in [-0.2, 0) is 21.6 Å². The first-order valence-electron chi connectivity index (χ1n) is 10.1. The van der Waals surface area contributed by atoms with Crippen LogP contribution in [0.2, 0.25) is 0 Å². The number of fused-ring (bicyclic) bond motifs is 2. The third kappa shape index (κ3) is 3.82. The summed E-state index contributed by atoms with van der Waals surface area (Å²) in [6, 6.07) is 4.17. The van der Waals surface area contributed by atoms with E-state index >= 15 is 0 Å². The molecule has 0 bridgehead atoms. The quantitative estimate of drug-likeness (QED) is 0.829. The fourth-order valence-corrected chi connectivity index (χ4v) is 4.81. The molecule has 1 spiro atoms. The minimum absolute atomic E-state index is 0. The molecule has 7 heteroatoms. The minimum atomic E-state index is -0.311. The molecule has 1 N–H and O–H groups in total. The van der Waals surface area contributed by atoms with Crippen molar-refractivity contribution in [2.75, 3.05) is 47.0 Å². The van der Waals surface area contributed by atoms with Crippen LogP contribution in [0.1, 0.15) is 36.8 Å². The van der Waals surface area contributed by atoms with Gasteiger partial charge in [0.05, 0.1) is 32.3 Å². The van der Waals surface area contributed by atoms with Gasteiger partial charge in [-0.15, -0.1) is 12.4 Å². The fourth-order valence-electron chi connectivity index (χ4n) is 4.81. The molecule has 3 aliphatic heterocycles. The zero-order valence-corrected chi connectivity index (χ0v) is 17.6. The van der Waals surface area contributed by atoms with Gasteiger partial charge in [0.25, 0.3) is 0 Å². The van der Waals surface area contributed by atoms with Crippen molar-refractivity contribution in [1.29, 1.82) is 0 Å². The Bertz CT molecular complexity index is 698. The molecular weight excluding hydrogens is 380 g/mol. The summed E-state index contributed by atoms with van der Waals surface area (Å²) in [4.78, 5) is 14.9. The Morgan fingerprint density at radius 3 is 2.57 bits per heavy atom. The first-order valence-corrected chi connectivity index (χ1v) is 10.1. The third-order valence-electron chi connectivity index (χ3n) is 6.38. The van der Waals surface area contributed by atoms with Crippen LogP contribution in [0.25, 0.3) is 0 Å². The average Bonchev–Trinajstić information content (AvgIpc) is 2.74. The second-order valence-corrected chi connectivity index (χ2v) is 7.83. The van der Waals surface area contributed by atoms with E-state index in [1.54, 1.807) is 14.2 Å². The van der Waals surface area contributed by atoms with Gasteiger partial charge in [0.2, 0.25) is 5.91 Å². The Morgan fingerprint density at radius 2 is 1.93 bits per heavy atom. The Morgan fingerprint density at radius 1 is 1.21 bits per heavy atom. The molecule has 156 valence electrons. The van der Waals surface area contributed by atoms with E-state index in [4.69, 9.17) is 14.2 Å². The van der Waals surface area contributed by atoms with Gasteiger partial charge in [-0.1, -0.05) is 0 Å². The van der Waals surface area contributed by atoms with Crippen LogP contribution in [0.3, 0.4) is 0 Å². The summed E-state index contributed by atoms with van der Waals surface area (Å²) in [6.45, 7) is 4.06. The maximum Gasteiger partial charge on any atom is 0.226 e. The van der Waals surface area contributed by atoms with Crippen LogP contribution >= 0.6 is 12.4 Å². The van der Waals surface area contributed by atoms with E-state index < -0.39 is 0 Å². The maximum atomic E-state index is 12.9. The smallest absolute Gasteiger partial charge is 0.226 e. The number of amides is 1. The molecule has 0 aromatic heterocycles. The van der Waals surface area contributed by atoms with Crippen LogP contribution in [0.4, 0.5) is 0 Å². The van der Waals surface area contributed by atoms with Crippen LogP contribution in [0.5, 0.6) is 11.5 Å². The summed E-state index contributed by atoms with van der Waals surface area (Å²) in [5, 5.41) is 3.35. The van der Waals surface area contributed by atoms with Crippen molar-refractivity contribution in [3.63, 3.8) is 0 Å². The second-order valence-electron chi connectivity index (χ2n) is 7.83. The van der Waals surface area contributed by atoms with Crippen LogP contribution in [0.15, 0.2) is 12.1 Å². The Kier molecular flexibility index (Phi) is 6.73. The van der Waals surface area contributed by atoms with Gasteiger partial charge in [0, 0.05) is 19.6 Å². The number of likely N-dealkylation sites (tertiary alicyclic amines) is 1. The number of ether oxygens (including phenoxy) is 3. The monoisotopic (exact) mass is 410 g/mol. The number of halogens is 1. The number of hydrogen-bond donors (Lipinski definition) is 1. The van der Waals surface area contributed by atoms with Crippen molar-refractivity contribution in [3.8, 4) is 11.5 Å². The molecule has 0 saturated carbocycles. The van der Waals surface area contributed by atoms with Crippen LogP contribution in [-0.4, -0.2) is 57.8 Å². The summed E-state index contributed by atoms with van der Waals surface area (Å²) in [5.41, 5.74) is 2.17. The van der Waals surface area contributed by atoms with Gasteiger partial charge in [-0.2, -0.15) is 0 Å². The summed E-state index contributed by atoms with van der Waals surface area (Å²) in [5.74, 6) is 1.95. The van der Waals surface area contributed by atoms with Crippen LogP contribution < -0.4 is 14.8 Å². The first-order chi connectivity index (χ1) is 13.2. The number of methoxy groups -OCH3 is 2. The molecule has 0 aliphatic carbocycles. The molecule has 6 nitrogen and oxygen atoms in total. The van der Waals surface area contributed by atoms with Gasteiger partial charge in [-0.25, -0.2) is 0 Å². The van der Waals surface area contributed by atoms with E-state index in [9.17, 15) is 4.79 Å². The SMILES string of the molecule is COc1cc2c(cc1OC)C1(CCN(C(=O)[C@H]3CCCNC3)CC1)OCC2.Cl. The van der Waals surface area contributed by atoms with Crippen LogP contribution in [0, 0.1) is 5.92 Å². The predicted molar refractivity (Wildman–Crippen MR) is 110 cm³/mol. The Labute approximate surface area is 173 Å². The number of hydrogen-bond acceptors (Lipinski definition) is 5. The largest absolute Gasteiger partial charge is 0.493 e. The summed E-state index contributed by atoms with van der Waals surface area (Å²) >= 11 is 0. The van der Waals surface area contributed by atoms with E-state index in [2.05, 4.69) is 17.4 Å². The molecule has 3 heterocycles. The molecule has 0 radical (unpaired) electrons. The topological polar surface area (TPSA) is 60.0 Å². The highest BCUT2D eigenvalue weighted by molar-refractivity contribution is 5.85. The maximum absolute atomic E-state index is 12.9. The van der Waals surface area contributed by atoms with Gasteiger partial charge < -0.3 is 24.4 Å². The molecule has 1 aromatic rings. The molecule has 1 atom stereocenters. The molecule has 4 rings (SSSR count). The number of carbonyl (C=O) groups is 1. The van der Waals surface area contributed by atoms with Gasteiger partial charge in [-0.3, -0.25) is 4.79 Å². The highest BCUT2D eigenvalue weighted by atomic mass is 35.5. The van der Waals surface area contributed by atoms with Crippen molar-refractivity contribution >= 4 is 18.3 Å². The van der Waals surface area contributed by atoms with Gasteiger partial charge in [0.15, 0.2) is 11.5 Å². The molecular formula is C21H31ClN2O4. The van der Waals surface area contributed by atoms with Crippen molar-refractivity contribution in [2.45, 2.75) is 37.7 Å². The van der Waals surface area contributed by atoms with Crippen molar-refractivity contribution in [1.82, 2.24) is 10.2 Å². The van der Waals surface area contributed by atoms with Gasteiger partial charge in [-0.05, 0) is 61.9 Å².